The molecule has 2 rings (SSSR count). The monoisotopic (exact) mass is 339 g/mol. The fraction of sp³-hybridized carbons (Fsp3) is 1.00. The van der Waals surface area contributed by atoms with E-state index in [-0.39, 0.29) is 23.6 Å². The molecular weight excluding hydrogens is 314 g/mol. The number of hydrogen-bond acceptors (Lipinski definition) is 5. The Labute approximate surface area is 127 Å². The van der Waals surface area contributed by atoms with Crippen molar-refractivity contribution in [2.24, 2.45) is 0 Å². The second-order valence-corrected chi connectivity index (χ2v) is 9.83. The Bertz CT molecular complexity index is 531. The first-order chi connectivity index (χ1) is 9.84. The van der Waals surface area contributed by atoms with Crippen LogP contribution in [0.15, 0.2) is 0 Å². The normalized spacial score (nSPS) is 28.5. The Hall–Kier alpha value is -0.220. The van der Waals surface area contributed by atoms with Crippen LogP contribution in [0.1, 0.15) is 32.1 Å². The molecule has 0 aromatic rings. The third-order valence-corrected chi connectivity index (χ3v) is 7.64. The third-order valence-electron chi connectivity index (χ3n) is 4.19. The van der Waals surface area contributed by atoms with Crippen molar-refractivity contribution in [3.8, 4) is 0 Å². The van der Waals surface area contributed by atoms with Crippen molar-refractivity contribution in [2.75, 3.05) is 31.6 Å². The van der Waals surface area contributed by atoms with E-state index in [4.69, 9.17) is 0 Å². The number of nitrogens with zero attached hydrogens (tertiary/aromatic N) is 1. The standard InChI is InChI=1S/C12H25N3O4S2/c1-13-10-12-4-2-3-7-15(12)21(18,19)14-11-5-8-20(16,17)9-6-11/h11-14H,2-10H2,1H3. The van der Waals surface area contributed by atoms with Gasteiger partial charge in [-0.25, -0.2) is 8.42 Å². The molecule has 0 radical (unpaired) electrons. The van der Waals surface area contributed by atoms with E-state index in [2.05, 4.69) is 10.0 Å². The van der Waals surface area contributed by atoms with E-state index in [1.54, 1.807) is 0 Å². The summed E-state index contributed by atoms with van der Waals surface area (Å²) in [6, 6.07) is -0.288. The van der Waals surface area contributed by atoms with Crippen LogP contribution in [0.5, 0.6) is 0 Å². The molecule has 1 atom stereocenters. The lowest BCUT2D eigenvalue weighted by molar-refractivity contribution is 0.244. The van der Waals surface area contributed by atoms with Gasteiger partial charge < -0.3 is 5.32 Å². The van der Waals surface area contributed by atoms with E-state index in [1.807, 2.05) is 7.05 Å². The second-order valence-electron chi connectivity index (χ2n) is 5.87. The maximum atomic E-state index is 12.5. The third kappa shape index (κ3) is 4.62. The molecule has 9 heteroatoms. The van der Waals surface area contributed by atoms with Crippen molar-refractivity contribution in [3.63, 3.8) is 0 Å². The highest BCUT2D eigenvalue weighted by molar-refractivity contribution is 7.91. The molecule has 7 nitrogen and oxygen atoms in total. The van der Waals surface area contributed by atoms with Crippen LogP contribution in [0.25, 0.3) is 0 Å². The second kappa shape index (κ2) is 6.91. The fourth-order valence-corrected chi connectivity index (χ4v) is 6.24. The number of nitrogens with one attached hydrogen (secondary N) is 2. The van der Waals surface area contributed by atoms with E-state index in [1.165, 1.54) is 4.31 Å². The lowest BCUT2D eigenvalue weighted by Gasteiger charge is -2.36. The highest BCUT2D eigenvalue weighted by Crippen LogP contribution is 2.21. The van der Waals surface area contributed by atoms with Crippen molar-refractivity contribution in [2.45, 2.75) is 44.2 Å². The van der Waals surface area contributed by atoms with Crippen LogP contribution in [0.2, 0.25) is 0 Å². The topological polar surface area (TPSA) is 95.6 Å². The van der Waals surface area contributed by atoms with Crippen LogP contribution < -0.4 is 10.0 Å². The van der Waals surface area contributed by atoms with Gasteiger partial charge in [-0.15, -0.1) is 0 Å². The maximum Gasteiger partial charge on any atom is 0.279 e. The summed E-state index contributed by atoms with van der Waals surface area (Å²) >= 11 is 0. The molecule has 2 saturated heterocycles. The van der Waals surface area contributed by atoms with Gasteiger partial charge in [-0.2, -0.15) is 17.4 Å². The Balaban J connectivity index is 2.00. The first-order valence-electron chi connectivity index (χ1n) is 7.48. The van der Waals surface area contributed by atoms with Crippen LogP contribution >= 0.6 is 0 Å². The molecular formula is C12H25N3O4S2. The zero-order valence-electron chi connectivity index (χ0n) is 12.4. The summed E-state index contributed by atoms with van der Waals surface area (Å²) in [5.41, 5.74) is 0. The summed E-state index contributed by atoms with van der Waals surface area (Å²) in [5.74, 6) is 0.139. The Morgan fingerprint density at radius 3 is 2.43 bits per heavy atom. The van der Waals surface area contributed by atoms with Gasteiger partial charge in [-0.05, 0) is 32.7 Å². The number of piperidine rings is 1. The zero-order valence-corrected chi connectivity index (χ0v) is 14.0. The summed E-state index contributed by atoms with van der Waals surface area (Å²) in [6.07, 6.45) is 3.51. The molecule has 2 fully saturated rings. The van der Waals surface area contributed by atoms with E-state index < -0.39 is 20.0 Å². The van der Waals surface area contributed by atoms with Crippen LogP contribution in [0, 0.1) is 0 Å². The molecule has 0 aromatic heterocycles. The van der Waals surface area contributed by atoms with E-state index in [0.29, 0.717) is 25.9 Å². The fourth-order valence-electron chi connectivity index (χ4n) is 3.02. The minimum atomic E-state index is -3.54. The van der Waals surface area contributed by atoms with Crippen LogP contribution in [-0.2, 0) is 20.0 Å². The van der Waals surface area contributed by atoms with Crippen LogP contribution in [-0.4, -0.2) is 64.9 Å². The lowest BCUT2D eigenvalue weighted by Crippen LogP contribution is -2.54. The predicted molar refractivity (Wildman–Crippen MR) is 82.0 cm³/mol. The van der Waals surface area contributed by atoms with Crippen LogP contribution in [0.3, 0.4) is 0 Å². The Kier molecular flexibility index (Phi) is 5.64. The quantitative estimate of drug-likeness (QED) is 0.702. The molecule has 0 aliphatic carbocycles. The van der Waals surface area contributed by atoms with Gasteiger partial charge in [0, 0.05) is 25.2 Å². The molecule has 124 valence electrons. The molecule has 1 unspecified atom stereocenters. The summed E-state index contributed by atoms with van der Waals surface area (Å²) in [4.78, 5) is 0. The highest BCUT2D eigenvalue weighted by Gasteiger charge is 2.34. The number of likely N-dealkylation sites (N-methyl/N-ethyl adjacent to an activating group) is 1. The number of sulfone groups is 1. The van der Waals surface area contributed by atoms with Gasteiger partial charge in [0.1, 0.15) is 9.84 Å². The molecule has 0 saturated carbocycles. The average molecular weight is 339 g/mol. The molecule has 0 bridgehead atoms. The molecule has 2 aliphatic heterocycles. The molecule has 2 N–H and O–H groups in total. The summed E-state index contributed by atoms with van der Waals surface area (Å²) in [6.45, 7) is 1.17. The summed E-state index contributed by atoms with van der Waals surface area (Å²) in [7, 11) is -4.70. The van der Waals surface area contributed by atoms with Gasteiger partial charge in [-0.3, -0.25) is 0 Å². The predicted octanol–water partition coefficient (Wildman–Crippen LogP) is -0.528. The smallest absolute Gasteiger partial charge is 0.279 e. The van der Waals surface area contributed by atoms with Crippen molar-refractivity contribution in [3.05, 3.63) is 0 Å². The van der Waals surface area contributed by atoms with Crippen molar-refractivity contribution in [1.82, 2.24) is 14.3 Å². The molecule has 21 heavy (non-hydrogen) atoms. The summed E-state index contributed by atoms with van der Waals surface area (Å²) in [5, 5.41) is 3.04. The Morgan fingerprint density at radius 2 is 1.81 bits per heavy atom. The van der Waals surface area contributed by atoms with Gasteiger partial charge in [0.2, 0.25) is 0 Å². The van der Waals surface area contributed by atoms with Crippen molar-refractivity contribution in [1.29, 1.82) is 0 Å². The first-order valence-corrected chi connectivity index (χ1v) is 10.7. The zero-order chi connectivity index (χ0) is 15.5. The van der Waals surface area contributed by atoms with Gasteiger partial charge in [0.15, 0.2) is 0 Å². The largest absolute Gasteiger partial charge is 0.318 e. The van der Waals surface area contributed by atoms with Crippen LogP contribution in [0.4, 0.5) is 0 Å². The number of rotatable bonds is 5. The minimum Gasteiger partial charge on any atom is -0.318 e. The molecule has 0 amide bonds. The van der Waals surface area contributed by atoms with Crippen molar-refractivity contribution < 1.29 is 16.8 Å². The lowest BCUT2D eigenvalue weighted by atomic mass is 10.1. The highest BCUT2D eigenvalue weighted by atomic mass is 32.2. The van der Waals surface area contributed by atoms with E-state index in [9.17, 15) is 16.8 Å². The molecule has 0 aromatic carbocycles. The van der Waals surface area contributed by atoms with Crippen molar-refractivity contribution >= 4 is 20.0 Å². The molecule has 0 spiro atoms. The first kappa shape index (κ1) is 17.1. The maximum absolute atomic E-state index is 12.5. The van der Waals surface area contributed by atoms with E-state index in [0.717, 1.165) is 19.3 Å². The SMILES string of the molecule is CNCC1CCCCN1S(=O)(=O)NC1CCS(=O)(=O)CC1. The van der Waals surface area contributed by atoms with E-state index >= 15 is 0 Å². The van der Waals surface area contributed by atoms with Gasteiger partial charge in [0.25, 0.3) is 10.2 Å². The Morgan fingerprint density at radius 1 is 1.14 bits per heavy atom. The minimum absolute atomic E-state index is 0.0198. The van der Waals surface area contributed by atoms with Gasteiger partial charge in [0.05, 0.1) is 11.5 Å². The molecule has 2 aliphatic rings. The summed E-state index contributed by atoms with van der Waals surface area (Å²) < 4.78 is 52.1. The van der Waals surface area contributed by atoms with Gasteiger partial charge in [-0.1, -0.05) is 6.42 Å². The average Bonchev–Trinajstić information content (AvgIpc) is 2.42. The van der Waals surface area contributed by atoms with Gasteiger partial charge >= 0.3 is 0 Å². The number of hydrogen-bond donors (Lipinski definition) is 2. The molecule has 2 heterocycles.